The fourth-order valence-corrected chi connectivity index (χ4v) is 4.74. The first-order chi connectivity index (χ1) is 16.5. The van der Waals surface area contributed by atoms with Gasteiger partial charge in [0.1, 0.15) is 0 Å². The third-order valence-corrected chi connectivity index (χ3v) is 6.65. The molecule has 0 spiro atoms. The first kappa shape index (κ1) is 22.5. The Morgan fingerprint density at radius 1 is 1.00 bits per heavy atom. The largest absolute Gasteiger partial charge is 0.390 e. The van der Waals surface area contributed by atoms with Gasteiger partial charge >= 0.3 is 0 Å². The third-order valence-electron chi connectivity index (χ3n) is 6.65. The molecule has 0 bridgehead atoms. The standard InChI is InChI=1S/C27H31N5O2/c1-20-25(27(34)32(28-20)22-8-4-3-5-9-22)16-21-17-31(26-11-7-6-10-24(21)26)19-23(33)18-30-14-12-29(2)13-15-30/h3-11,16-17,23,33H,12-15,18-19H2,1-2H3/b25-16+/t23-/m0/s1. The Morgan fingerprint density at radius 2 is 1.71 bits per heavy atom. The second kappa shape index (κ2) is 9.54. The van der Waals surface area contributed by atoms with Gasteiger partial charge in [0.25, 0.3) is 5.91 Å². The number of nitrogens with zero attached hydrogens (tertiary/aromatic N) is 5. The zero-order chi connectivity index (χ0) is 23.7. The summed E-state index contributed by atoms with van der Waals surface area (Å²) in [6.07, 6.45) is 3.50. The molecule has 7 nitrogen and oxygen atoms in total. The van der Waals surface area contributed by atoms with Crippen LogP contribution in [-0.4, -0.2) is 77.0 Å². The molecular formula is C27H31N5O2. The highest BCUT2D eigenvalue weighted by molar-refractivity contribution is 6.32. The van der Waals surface area contributed by atoms with Crippen molar-refractivity contribution in [1.82, 2.24) is 14.4 Å². The molecule has 2 aromatic carbocycles. The summed E-state index contributed by atoms with van der Waals surface area (Å²) in [6.45, 7) is 7.06. The van der Waals surface area contributed by atoms with E-state index in [4.69, 9.17) is 0 Å². The van der Waals surface area contributed by atoms with Gasteiger partial charge in [-0.1, -0.05) is 36.4 Å². The minimum Gasteiger partial charge on any atom is -0.390 e. The van der Waals surface area contributed by atoms with Crippen molar-refractivity contribution < 1.29 is 9.90 Å². The van der Waals surface area contributed by atoms with Crippen LogP contribution in [0.15, 0.2) is 71.5 Å². The molecule has 1 N–H and O–H groups in total. The number of aliphatic hydroxyl groups is 1. The number of benzene rings is 2. The van der Waals surface area contributed by atoms with Crippen molar-refractivity contribution in [3.63, 3.8) is 0 Å². The van der Waals surface area contributed by atoms with Crippen LogP contribution < -0.4 is 5.01 Å². The Morgan fingerprint density at radius 3 is 2.47 bits per heavy atom. The van der Waals surface area contributed by atoms with E-state index in [2.05, 4.69) is 38.6 Å². The topological polar surface area (TPSA) is 64.3 Å². The lowest BCUT2D eigenvalue weighted by Gasteiger charge is -2.33. The Kier molecular flexibility index (Phi) is 6.32. The molecule has 176 valence electrons. The predicted molar refractivity (Wildman–Crippen MR) is 137 cm³/mol. The summed E-state index contributed by atoms with van der Waals surface area (Å²) in [7, 11) is 2.14. The summed E-state index contributed by atoms with van der Waals surface area (Å²) >= 11 is 0. The zero-order valence-corrected chi connectivity index (χ0v) is 19.8. The summed E-state index contributed by atoms with van der Waals surface area (Å²) in [6, 6.07) is 17.6. The van der Waals surface area contributed by atoms with E-state index in [0.29, 0.717) is 24.4 Å². The maximum absolute atomic E-state index is 13.2. The van der Waals surface area contributed by atoms with Crippen molar-refractivity contribution in [1.29, 1.82) is 0 Å². The lowest BCUT2D eigenvalue weighted by molar-refractivity contribution is -0.114. The van der Waals surface area contributed by atoms with Crippen LogP contribution in [0.1, 0.15) is 12.5 Å². The molecule has 7 heteroatoms. The number of rotatable bonds is 6. The van der Waals surface area contributed by atoms with Gasteiger partial charge in [0.05, 0.1) is 23.1 Å². The highest BCUT2D eigenvalue weighted by atomic mass is 16.3. The lowest BCUT2D eigenvalue weighted by atomic mass is 10.1. The van der Waals surface area contributed by atoms with Crippen LogP contribution in [0.5, 0.6) is 0 Å². The summed E-state index contributed by atoms with van der Waals surface area (Å²) in [5.41, 5.74) is 4.04. The number of aromatic nitrogens is 1. The molecule has 3 heterocycles. The first-order valence-corrected chi connectivity index (χ1v) is 11.8. The fraction of sp³-hybridized carbons (Fsp3) is 0.333. The number of hydrazone groups is 1. The van der Waals surface area contributed by atoms with Crippen molar-refractivity contribution in [3.05, 3.63) is 71.9 Å². The number of fused-ring (bicyclic) bond motifs is 1. The number of β-amino-alcohol motifs (C(OH)–C–C–N with tert-alkyl or cyclic N) is 1. The molecule has 0 aliphatic carbocycles. The number of likely N-dealkylation sites (N-methyl/N-ethyl adjacent to an activating group) is 1. The second-order valence-electron chi connectivity index (χ2n) is 9.21. The summed E-state index contributed by atoms with van der Waals surface area (Å²) < 4.78 is 2.10. The van der Waals surface area contributed by atoms with Gasteiger partial charge in [-0.2, -0.15) is 10.1 Å². The van der Waals surface area contributed by atoms with Crippen molar-refractivity contribution in [2.75, 3.05) is 44.8 Å². The van der Waals surface area contributed by atoms with Crippen LogP contribution in [-0.2, 0) is 11.3 Å². The first-order valence-electron chi connectivity index (χ1n) is 11.8. The molecule has 34 heavy (non-hydrogen) atoms. The van der Waals surface area contributed by atoms with Crippen LogP contribution >= 0.6 is 0 Å². The Balaban J connectivity index is 1.39. The Labute approximate surface area is 200 Å². The molecule has 2 aliphatic rings. The van der Waals surface area contributed by atoms with Crippen LogP contribution in [0.4, 0.5) is 5.69 Å². The van der Waals surface area contributed by atoms with Gasteiger partial charge in [0, 0.05) is 61.9 Å². The average Bonchev–Trinajstić information content (AvgIpc) is 3.33. The van der Waals surface area contributed by atoms with Crippen molar-refractivity contribution in [3.8, 4) is 0 Å². The number of carbonyl (C=O) groups excluding carboxylic acids is 1. The minimum absolute atomic E-state index is 0.129. The average molecular weight is 458 g/mol. The number of aliphatic hydroxyl groups excluding tert-OH is 1. The van der Waals surface area contributed by atoms with Crippen molar-refractivity contribution in [2.24, 2.45) is 5.10 Å². The Hall–Kier alpha value is -3.26. The van der Waals surface area contributed by atoms with Crippen LogP contribution in [0.3, 0.4) is 0 Å². The van der Waals surface area contributed by atoms with E-state index in [0.717, 1.165) is 48.3 Å². The summed E-state index contributed by atoms with van der Waals surface area (Å²) in [5.74, 6) is -0.129. The Bertz CT molecular complexity index is 1240. The molecule has 1 fully saturated rings. The summed E-state index contributed by atoms with van der Waals surface area (Å²) in [4.78, 5) is 17.8. The fourth-order valence-electron chi connectivity index (χ4n) is 4.74. The molecule has 1 atom stereocenters. The van der Waals surface area contributed by atoms with E-state index in [-0.39, 0.29) is 5.91 Å². The number of hydrogen-bond acceptors (Lipinski definition) is 5. The highest BCUT2D eigenvalue weighted by Crippen LogP contribution is 2.28. The van der Waals surface area contributed by atoms with Crippen molar-refractivity contribution >= 4 is 34.3 Å². The van der Waals surface area contributed by atoms with Crippen LogP contribution in [0.25, 0.3) is 17.0 Å². The molecule has 0 saturated carbocycles. The molecule has 2 aliphatic heterocycles. The van der Waals surface area contributed by atoms with Gasteiger partial charge in [0.15, 0.2) is 0 Å². The maximum Gasteiger partial charge on any atom is 0.280 e. The maximum atomic E-state index is 13.2. The number of amides is 1. The number of hydrogen-bond donors (Lipinski definition) is 1. The SMILES string of the molecule is CC1=NN(c2ccccc2)C(=O)/C1=C/c1cn(C[C@@H](O)CN2CCN(C)CC2)c2ccccc12. The highest BCUT2D eigenvalue weighted by Gasteiger charge is 2.29. The van der Waals surface area contributed by atoms with Gasteiger partial charge in [-0.25, -0.2) is 0 Å². The van der Waals surface area contributed by atoms with E-state index in [1.165, 1.54) is 5.01 Å². The van der Waals surface area contributed by atoms with E-state index in [1.807, 2.05) is 61.7 Å². The second-order valence-corrected chi connectivity index (χ2v) is 9.21. The lowest BCUT2D eigenvalue weighted by Crippen LogP contribution is -2.47. The molecule has 5 rings (SSSR count). The van der Waals surface area contributed by atoms with Gasteiger partial charge in [-0.05, 0) is 38.2 Å². The van der Waals surface area contributed by atoms with E-state index in [1.54, 1.807) is 0 Å². The molecular weight excluding hydrogens is 426 g/mol. The normalized spacial score (nSPS) is 19.9. The quantitative estimate of drug-likeness (QED) is 0.578. The summed E-state index contributed by atoms with van der Waals surface area (Å²) in [5, 5.41) is 17.9. The van der Waals surface area contributed by atoms with E-state index >= 15 is 0 Å². The van der Waals surface area contributed by atoms with Gasteiger partial charge in [0.2, 0.25) is 0 Å². The predicted octanol–water partition coefficient (Wildman–Crippen LogP) is 3.06. The van der Waals surface area contributed by atoms with Crippen molar-refractivity contribution in [2.45, 2.75) is 19.6 Å². The number of piperazine rings is 1. The molecule has 0 unspecified atom stereocenters. The number of anilines is 1. The monoisotopic (exact) mass is 457 g/mol. The molecule has 1 saturated heterocycles. The van der Waals surface area contributed by atoms with Crippen LogP contribution in [0, 0.1) is 0 Å². The molecule has 3 aromatic rings. The van der Waals surface area contributed by atoms with E-state index in [9.17, 15) is 9.90 Å². The molecule has 1 aromatic heterocycles. The number of carbonyl (C=O) groups is 1. The van der Waals surface area contributed by atoms with Gasteiger partial charge in [-0.3, -0.25) is 9.69 Å². The van der Waals surface area contributed by atoms with Crippen LogP contribution in [0.2, 0.25) is 0 Å². The zero-order valence-electron chi connectivity index (χ0n) is 19.8. The smallest absolute Gasteiger partial charge is 0.280 e. The molecule has 0 radical (unpaired) electrons. The van der Waals surface area contributed by atoms with Gasteiger partial charge < -0.3 is 14.6 Å². The third kappa shape index (κ3) is 4.55. The van der Waals surface area contributed by atoms with Gasteiger partial charge in [-0.15, -0.1) is 0 Å². The number of para-hydroxylation sites is 2. The molecule has 1 amide bonds. The minimum atomic E-state index is -0.468. The van der Waals surface area contributed by atoms with E-state index < -0.39 is 6.10 Å².